The minimum atomic E-state index is 0.913. The SMILES string of the molecule is C=C(CCCCCCOCCC)NC.CC.CC.CCCC(C)CCC. The van der Waals surface area contributed by atoms with Crippen molar-refractivity contribution < 1.29 is 4.74 Å². The van der Waals surface area contributed by atoms with Crippen LogP contribution >= 0.6 is 0 Å². The summed E-state index contributed by atoms with van der Waals surface area (Å²) in [4.78, 5) is 0. The molecule has 0 heterocycles. The normalized spacial score (nSPS) is 9.15. The Hall–Kier alpha value is -0.500. The maximum atomic E-state index is 5.40. The molecule has 0 aliphatic rings. The molecule has 0 aliphatic carbocycles. The smallest absolute Gasteiger partial charge is 0.0466 e. The van der Waals surface area contributed by atoms with Gasteiger partial charge in [0.1, 0.15) is 0 Å². The summed E-state index contributed by atoms with van der Waals surface area (Å²) < 4.78 is 5.40. The molecule has 0 aromatic carbocycles. The van der Waals surface area contributed by atoms with Crippen molar-refractivity contribution in [3.05, 3.63) is 12.3 Å². The molecule has 0 rings (SSSR count). The van der Waals surface area contributed by atoms with Gasteiger partial charge in [-0.1, -0.05) is 100 Å². The van der Waals surface area contributed by atoms with Crippen LogP contribution < -0.4 is 5.32 Å². The van der Waals surface area contributed by atoms with E-state index in [0.29, 0.717) is 0 Å². The number of unbranched alkanes of at least 4 members (excludes halogenated alkanes) is 3. The molecule has 0 aliphatic heterocycles. The molecule has 0 fully saturated rings. The van der Waals surface area contributed by atoms with Gasteiger partial charge in [0.25, 0.3) is 0 Å². The number of rotatable bonds is 14. The average Bonchev–Trinajstić information content (AvgIpc) is 2.68. The molecule has 0 aromatic rings. The summed E-state index contributed by atoms with van der Waals surface area (Å²) >= 11 is 0. The average molecular weight is 374 g/mol. The van der Waals surface area contributed by atoms with Gasteiger partial charge in [-0.15, -0.1) is 0 Å². The highest BCUT2D eigenvalue weighted by atomic mass is 16.5. The quantitative estimate of drug-likeness (QED) is 0.309. The van der Waals surface area contributed by atoms with E-state index in [1.54, 1.807) is 0 Å². The molecule has 0 atom stereocenters. The van der Waals surface area contributed by atoms with Crippen molar-refractivity contribution in [3.8, 4) is 0 Å². The molecular formula is C24H55NO. The summed E-state index contributed by atoms with van der Waals surface area (Å²) in [6.45, 7) is 22.7. The van der Waals surface area contributed by atoms with E-state index in [1.165, 1.54) is 51.4 Å². The molecule has 2 nitrogen and oxygen atoms in total. The van der Waals surface area contributed by atoms with Crippen LogP contribution in [-0.2, 0) is 4.74 Å². The lowest BCUT2D eigenvalue weighted by Gasteiger charge is -2.05. The third-order valence-electron chi connectivity index (χ3n) is 3.78. The Kier molecular flexibility index (Phi) is 45.3. The van der Waals surface area contributed by atoms with E-state index < -0.39 is 0 Å². The van der Waals surface area contributed by atoms with Gasteiger partial charge >= 0.3 is 0 Å². The highest BCUT2D eigenvalue weighted by Crippen LogP contribution is 2.10. The number of allylic oxidation sites excluding steroid dienone is 1. The molecule has 2 heteroatoms. The maximum Gasteiger partial charge on any atom is 0.0466 e. The van der Waals surface area contributed by atoms with Gasteiger partial charge in [-0.05, 0) is 31.6 Å². The van der Waals surface area contributed by atoms with Gasteiger partial charge in [-0.3, -0.25) is 0 Å². The zero-order valence-electron chi connectivity index (χ0n) is 20.2. The lowest BCUT2D eigenvalue weighted by Crippen LogP contribution is -2.03. The van der Waals surface area contributed by atoms with Gasteiger partial charge in [0.15, 0.2) is 0 Å². The summed E-state index contributed by atoms with van der Waals surface area (Å²) in [6.07, 6.45) is 12.8. The predicted molar refractivity (Wildman–Crippen MR) is 124 cm³/mol. The fraction of sp³-hybridized carbons (Fsp3) is 0.917. The van der Waals surface area contributed by atoms with Crippen molar-refractivity contribution in [2.24, 2.45) is 5.92 Å². The maximum absolute atomic E-state index is 5.40. The van der Waals surface area contributed by atoms with Crippen LogP contribution in [0.2, 0.25) is 0 Å². The van der Waals surface area contributed by atoms with Crippen LogP contribution in [0.15, 0.2) is 12.3 Å². The van der Waals surface area contributed by atoms with Crippen LogP contribution in [0.4, 0.5) is 0 Å². The minimum Gasteiger partial charge on any atom is -0.392 e. The molecule has 0 bridgehead atoms. The molecule has 1 N–H and O–H groups in total. The van der Waals surface area contributed by atoms with Gasteiger partial charge in [0.05, 0.1) is 0 Å². The molecule has 0 aromatic heterocycles. The Balaban J connectivity index is -0.000000171. The largest absolute Gasteiger partial charge is 0.392 e. The van der Waals surface area contributed by atoms with E-state index >= 15 is 0 Å². The van der Waals surface area contributed by atoms with Crippen LogP contribution in [0.5, 0.6) is 0 Å². The van der Waals surface area contributed by atoms with Crippen molar-refractivity contribution in [2.45, 2.75) is 120 Å². The highest BCUT2D eigenvalue weighted by molar-refractivity contribution is 4.88. The Bertz CT molecular complexity index is 210. The Morgan fingerprint density at radius 2 is 1.31 bits per heavy atom. The number of nitrogens with one attached hydrogen (secondary N) is 1. The summed E-state index contributed by atoms with van der Waals surface area (Å²) in [5.41, 5.74) is 1.15. The standard InChI is InChI=1S/C12H25NO.C8H18.2C2H6/c1-4-10-14-11-8-6-5-7-9-12(2)13-3;1-4-6-8(3)7-5-2;2*1-2/h13H,2,4-11H2,1,3H3;8H,4-7H2,1-3H3;2*1-2H3. The predicted octanol–water partition coefficient (Wildman–Crippen LogP) is 8.37. The summed E-state index contributed by atoms with van der Waals surface area (Å²) in [6, 6.07) is 0. The molecule has 26 heavy (non-hydrogen) atoms. The lowest BCUT2D eigenvalue weighted by molar-refractivity contribution is 0.130. The first-order valence-corrected chi connectivity index (χ1v) is 11.5. The second-order valence-electron chi connectivity index (χ2n) is 6.31. The molecule has 162 valence electrons. The van der Waals surface area contributed by atoms with Crippen LogP contribution in [0, 0.1) is 5.92 Å². The lowest BCUT2D eigenvalue weighted by atomic mass is 10.0. The number of ether oxygens (including phenoxy) is 1. The fourth-order valence-corrected chi connectivity index (χ4v) is 2.40. The molecule has 0 saturated heterocycles. The minimum absolute atomic E-state index is 0.913. The summed E-state index contributed by atoms with van der Waals surface area (Å²) in [7, 11) is 1.93. The van der Waals surface area contributed by atoms with Gasteiger partial charge in [0.2, 0.25) is 0 Å². The van der Waals surface area contributed by atoms with E-state index in [0.717, 1.165) is 37.7 Å². The van der Waals surface area contributed by atoms with Crippen LogP contribution in [0.1, 0.15) is 120 Å². The van der Waals surface area contributed by atoms with E-state index in [2.05, 4.69) is 39.6 Å². The van der Waals surface area contributed by atoms with Crippen molar-refractivity contribution in [3.63, 3.8) is 0 Å². The Labute approximate surface area is 168 Å². The topological polar surface area (TPSA) is 21.3 Å². The first kappa shape index (κ1) is 33.1. The third-order valence-corrected chi connectivity index (χ3v) is 3.78. The molecule has 0 spiro atoms. The highest BCUT2D eigenvalue weighted by Gasteiger charge is 1.96. The van der Waals surface area contributed by atoms with Crippen molar-refractivity contribution >= 4 is 0 Å². The van der Waals surface area contributed by atoms with E-state index in [-0.39, 0.29) is 0 Å². The molecule has 0 unspecified atom stereocenters. The molecule has 0 amide bonds. The van der Waals surface area contributed by atoms with Crippen molar-refractivity contribution in [1.82, 2.24) is 5.32 Å². The zero-order chi connectivity index (χ0) is 21.1. The van der Waals surface area contributed by atoms with E-state index in [4.69, 9.17) is 4.74 Å². The summed E-state index contributed by atoms with van der Waals surface area (Å²) in [5, 5.41) is 3.06. The van der Waals surface area contributed by atoms with Crippen molar-refractivity contribution in [2.75, 3.05) is 20.3 Å². The monoisotopic (exact) mass is 373 g/mol. The first-order chi connectivity index (χ1) is 12.6. The fourth-order valence-electron chi connectivity index (χ4n) is 2.40. The van der Waals surface area contributed by atoms with Gasteiger partial charge in [-0.2, -0.15) is 0 Å². The Morgan fingerprint density at radius 1 is 0.808 bits per heavy atom. The second-order valence-corrected chi connectivity index (χ2v) is 6.31. The van der Waals surface area contributed by atoms with Gasteiger partial charge in [0, 0.05) is 26.0 Å². The van der Waals surface area contributed by atoms with Gasteiger partial charge in [-0.25, -0.2) is 0 Å². The zero-order valence-corrected chi connectivity index (χ0v) is 20.2. The summed E-state index contributed by atoms with van der Waals surface area (Å²) in [5.74, 6) is 0.963. The second kappa shape index (κ2) is 35.6. The first-order valence-electron chi connectivity index (χ1n) is 11.5. The number of hydrogen-bond acceptors (Lipinski definition) is 2. The molecule has 0 saturated carbocycles. The van der Waals surface area contributed by atoms with Crippen LogP contribution in [-0.4, -0.2) is 20.3 Å². The third kappa shape index (κ3) is 38.8. The molecule has 0 radical (unpaired) electrons. The van der Waals surface area contributed by atoms with E-state index in [9.17, 15) is 0 Å². The van der Waals surface area contributed by atoms with Crippen LogP contribution in [0.3, 0.4) is 0 Å². The number of hydrogen-bond donors (Lipinski definition) is 1. The van der Waals surface area contributed by atoms with Crippen LogP contribution in [0.25, 0.3) is 0 Å². The Morgan fingerprint density at radius 3 is 1.73 bits per heavy atom. The van der Waals surface area contributed by atoms with Crippen molar-refractivity contribution in [1.29, 1.82) is 0 Å². The molecular weight excluding hydrogens is 318 g/mol. The van der Waals surface area contributed by atoms with Gasteiger partial charge < -0.3 is 10.1 Å². The van der Waals surface area contributed by atoms with E-state index in [1.807, 2.05) is 34.7 Å².